The fraction of sp³-hybridized carbons (Fsp3) is 0.333. The summed E-state index contributed by atoms with van der Waals surface area (Å²) >= 11 is 0. The van der Waals surface area contributed by atoms with Crippen LogP contribution < -0.4 is 5.43 Å². The standard InChI is InChI=1S/C18H20N2O3/c1-11-15-13(20-19-12-7-5-4-6-8-12)9-18(2,3)10-14(15)23-16(11)17(21)22/h4-8,19H,9-10H2,1-3H3,(H,21,22)/b20-13-. The molecule has 1 aromatic heterocycles. The quantitative estimate of drug-likeness (QED) is 0.838. The predicted molar refractivity (Wildman–Crippen MR) is 89.1 cm³/mol. The van der Waals surface area contributed by atoms with Crippen molar-refractivity contribution in [1.82, 2.24) is 0 Å². The number of para-hydroxylation sites is 1. The molecular weight excluding hydrogens is 292 g/mol. The number of fused-ring (bicyclic) bond motifs is 1. The number of hydrogen-bond donors (Lipinski definition) is 2. The van der Waals surface area contributed by atoms with Gasteiger partial charge < -0.3 is 9.52 Å². The first-order valence-corrected chi connectivity index (χ1v) is 7.61. The Labute approximate surface area is 135 Å². The van der Waals surface area contributed by atoms with Gasteiger partial charge in [0.05, 0.1) is 11.4 Å². The minimum absolute atomic E-state index is 0.0140. The van der Waals surface area contributed by atoms with E-state index in [0.29, 0.717) is 17.7 Å². The molecule has 1 aromatic carbocycles. The summed E-state index contributed by atoms with van der Waals surface area (Å²) in [6, 6.07) is 9.68. The van der Waals surface area contributed by atoms with Gasteiger partial charge in [-0.05, 0) is 30.9 Å². The zero-order valence-corrected chi connectivity index (χ0v) is 13.5. The molecule has 5 heteroatoms. The first-order valence-electron chi connectivity index (χ1n) is 7.61. The van der Waals surface area contributed by atoms with E-state index in [9.17, 15) is 9.90 Å². The van der Waals surface area contributed by atoms with Crippen molar-refractivity contribution >= 4 is 17.4 Å². The summed E-state index contributed by atoms with van der Waals surface area (Å²) in [7, 11) is 0. The second-order valence-electron chi connectivity index (χ2n) is 6.71. The van der Waals surface area contributed by atoms with Crippen LogP contribution >= 0.6 is 0 Å². The molecule has 0 atom stereocenters. The Morgan fingerprint density at radius 2 is 1.96 bits per heavy atom. The summed E-state index contributed by atoms with van der Waals surface area (Å²) in [5, 5.41) is 13.8. The van der Waals surface area contributed by atoms with E-state index in [1.807, 2.05) is 30.3 Å². The van der Waals surface area contributed by atoms with Gasteiger partial charge in [0.15, 0.2) is 0 Å². The second kappa shape index (κ2) is 5.57. The van der Waals surface area contributed by atoms with E-state index < -0.39 is 5.97 Å². The van der Waals surface area contributed by atoms with Gasteiger partial charge in [-0.1, -0.05) is 32.0 Å². The van der Waals surface area contributed by atoms with Crippen LogP contribution in [0, 0.1) is 12.3 Å². The summed E-state index contributed by atoms with van der Waals surface area (Å²) in [4.78, 5) is 11.3. The van der Waals surface area contributed by atoms with Gasteiger partial charge in [-0.15, -0.1) is 0 Å². The lowest BCUT2D eigenvalue weighted by atomic mass is 9.75. The third kappa shape index (κ3) is 2.99. The molecule has 0 saturated carbocycles. The first-order chi connectivity index (χ1) is 10.9. The SMILES string of the molecule is Cc1c(C(=O)O)oc2c1/C(=N\Nc1ccccc1)CC(C)(C)C2. The van der Waals surface area contributed by atoms with Crippen LogP contribution in [0.4, 0.5) is 5.69 Å². The lowest BCUT2D eigenvalue weighted by Gasteiger charge is -2.29. The smallest absolute Gasteiger partial charge is 0.372 e. The van der Waals surface area contributed by atoms with Crippen LogP contribution in [-0.2, 0) is 6.42 Å². The Morgan fingerprint density at radius 1 is 1.26 bits per heavy atom. The monoisotopic (exact) mass is 312 g/mol. The molecule has 1 aliphatic carbocycles. The molecule has 0 unspecified atom stereocenters. The number of aromatic carboxylic acids is 1. The van der Waals surface area contributed by atoms with Gasteiger partial charge in [-0.25, -0.2) is 4.79 Å². The van der Waals surface area contributed by atoms with E-state index in [-0.39, 0.29) is 11.2 Å². The fourth-order valence-electron chi connectivity index (χ4n) is 3.06. The van der Waals surface area contributed by atoms with Crippen LogP contribution in [-0.4, -0.2) is 16.8 Å². The number of hydrogen-bond acceptors (Lipinski definition) is 4. The number of rotatable bonds is 3. The maximum Gasteiger partial charge on any atom is 0.372 e. The summed E-state index contributed by atoms with van der Waals surface area (Å²) in [6.07, 6.45) is 1.47. The highest BCUT2D eigenvalue weighted by molar-refractivity contribution is 6.06. The molecule has 0 spiro atoms. The molecule has 1 aliphatic rings. The van der Waals surface area contributed by atoms with Crippen LogP contribution in [0.1, 0.15) is 47.7 Å². The molecule has 0 bridgehead atoms. The fourth-order valence-corrected chi connectivity index (χ4v) is 3.06. The number of benzene rings is 1. The second-order valence-corrected chi connectivity index (χ2v) is 6.71. The molecular formula is C18H20N2O3. The van der Waals surface area contributed by atoms with Crippen molar-refractivity contribution in [3.63, 3.8) is 0 Å². The van der Waals surface area contributed by atoms with Gasteiger partial charge in [0, 0.05) is 17.5 Å². The summed E-state index contributed by atoms with van der Waals surface area (Å²) in [5.74, 6) is -0.310. The highest BCUT2D eigenvalue weighted by atomic mass is 16.4. The number of hydrazone groups is 1. The van der Waals surface area contributed by atoms with Crippen LogP contribution in [0.3, 0.4) is 0 Å². The largest absolute Gasteiger partial charge is 0.475 e. The lowest BCUT2D eigenvalue weighted by molar-refractivity contribution is 0.0658. The minimum Gasteiger partial charge on any atom is -0.475 e. The van der Waals surface area contributed by atoms with Crippen LogP contribution in [0.25, 0.3) is 0 Å². The van der Waals surface area contributed by atoms with Gasteiger partial charge >= 0.3 is 5.97 Å². The molecule has 120 valence electrons. The normalized spacial score (nSPS) is 17.8. The van der Waals surface area contributed by atoms with Crippen LogP contribution in [0.2, 0.25) is 0 Å². The number of nitrogens with zero attached hydrogens (tertiary/aromatic N) is 1. The number of carboxylic acid groups (broad SMARTS) is 1. The number of nitrogens with one attached hydrogen (secondary N) is 1. The Bertz CT molecular complexity index is 773. The molecule has 0 radical (unpaired) electrons. The molecule has 0 fully saturated rings. The summed E-state index contributed by atoms with van der Waals surface area (Å²) in [6.45, 7) is 6.04. The lowest BCUT2D eigenvalue weighted by Crippen LogP contribution is -2.27. The number of furan rings is 1. The van der Waals surface area contributed by atoms with Gasteiger partial charge in [-0.2, -0.15) is 5.10 Å². The van der Waals surface area contributed by atoms with Crippen molar-refractivity contribution in [2.45, 2.75) is 33.6 Å². The van der Waals surface area contributed by atoms with Crippen molar-refractivity contribution in [3.8, 4) is 0 Å². The molecule has 1 heterocycles. The Hall–Kier alpha value is -2.56. The first kappa shape index (κ1) is 15.3. The molecule has 0 saturated heterocycles. The van der Waals surface area contributed by atoms with Crippen LogP contribution in [0.15, 0.2) is 39.9 Å². The number of carboxylic acids is 1. The van der Waals surface area contributed by atoms with E-state index in [4.69, 9.17) is 4.42 Å². The minimum atomic E-state index is -1.04. The average molecular weight is 312 g/mol. The molecule has 23 heavy (non-hydrogen) atoms. The van der Waals surface area contributed by atoms with E-state index in [1.54, 1.807) is 6.92 Å². The maximum absolute atomic E-state index is 11.3. The molecule has 2 N–H and O–H groups in total. The number of anilines is 1. The van der Waals surface area contributed by atoms with Crippen molar-refractivity contribution < 1.29 is 14.3 Å². The molecule has 5 nitrogen and oxygen atoms in total. The Balaban J connectivity index is 2.03. The van der Waals surface area contributed by atoms with Gasteiger partial charge in [-0.3, -0.25) is 5.43 Å². The molecule has 3 rings (SSSR count). The van der Waals surface area contributed by atoms with Gasteiger partial charge in [0.2, 0.25) is 5.76 Å². The molecule has 0 amide bonds. The van der Waals surface area contributed by atoms with Crippen molar-refractivity contribution in [2.75, 3.05) is 5.43 Å². The average Bonchev–Trinajstić information content (AvgIpc) is 2.81. The van der Waals surface area contributed by atoms with Crippen molar-refractivity contribution in [1.29, 1.82) is 0 Å². The topological polar surface area (TPSA) is 74.8 Å². The predicted octanol–water partition coefficient (Wildman–Crippen LogP) is 4.07. The highest BCUT2D eigenvalue weighted by Crippen LogP contribution is 2.38. The van der Waals surface area contributed by atoms with Crippen molar-refractivity contribution in [2.24, 2.45) is 10.5 Å². The maximum atomic E-state index is 11.3. The third-order valence-electron chi connectivity index (χ3n) is 4.08. The van der Waals surface area contributed by atoms with E-state index in [1.165, 1.54) is 0 Å². The summed E-state index contributed by atoms with van der Waals surface area (Å²) < 4.78 is 5.61. The van der Waals surface area contributed by atoms with E-state index >= 15 is 0 Å². The zero-order valence-electron chi connectivity index (χ0n) is 13.5. The Kier molecular flexibility index (Phi) is 3.72. The van der Waals surface area contributed by atoms with Crippen molar-refractivity contribution in [3.05, 3.63) is 53.0 Å². The Morgan fingerprint density at radius 3 is 2.61 bits per heavy atom. The van der Waals surface area contributed by atoms with E-state index in [2.05, 4.69) is 24.4 Å². The summed E-state index contributed by atoms with van der Waals surface area (Å²) in [5.41, 5.74) is 6.26. The van der Waals surface area contributed by atoms with Crippen LogP contribution in [0.5, 0.6) is 0 Å². The zero-order chi connectivity index (χ0) is 16.6. The van der Waals surface area contributed by atoms with Gasteiger partial charge in [0.1, 0.15) is 5.76 Å². The van der Waals surface area contributed by atoms with E-state index in [0.717, 1.165) is 23.4 Å². The molecule has 0 aliphatic heterocycles. The molecule has 2 aromatic rings. The van der Waals surface area contributed by atoms with Gasteiger partial charge in [0.25, 0.3) is 0 Å². The third-order valence-corrected chi connectivity index (χ3v) is 4.08. The highest BCUT2D eigenvalue weighted by Gasteiger charge is 2.36. The number of carbonyl (C=O) groups is 1.